The minimum atomic E-state index is -4.06. The summed E-state index contributed by atoms with van der Waals surface area (Å²) in [4.78, 5) is 22.9. The van der Waals surface area contributed by atoms with E-state index in [0.29, 0.717) is 31.2 Å². The van der Waals surface area contributed by atoms with Crippen LogP contribution in [-0.2, 0) is 15.4 Å². The zero-order chi connectivity index (χ0) is 34.5. The van der Waals surface area contributed by atoms with Crippen molar-refractivity contribution in [3.63, 3.8) is 0 Å². The lowest BCUT2D eigenvalue weighted by molar-refractivity contribution is 0.0606. The molecule has 3 aliphatic heterocycles. The maximum absolute atomic E-state index is 13.7. The van der Waals surface area contributed by atoms with E-state index in [-0.39, 0.29) is 32.9 Å². The minimum Gasteiger partial charge on any atom is -0.491 e. The van der Waals surface area contributed by atoms with Crippen LogP contribution in [0.4, 0.5) is 0 Å². The van der Waals surface area contributed by atoms with E-state index >= 15 is 0 Å². The summed E-state index contributed by atoms with van der Waals surface area (Å²) >= 11 is 6.11. The first kappa shape index (κ1) is 34.0. The van der Waals surface area contributed by atoms with Gasteiger partial charge in [0, 0.05) is 42.2 Å². The fourth-order valence-corrected chi connectivity index (χ4v) is 9.89. The van der Waals surface area contributed by atoms with E-state index in [4.69, 9.17) is 26.5 Å². The Bertz CT molecular complexity index is 1960. The van der Waals surface area contributed by atoms with Gasteiger partial charge in [0.25, 0.3) is 5.91 Å². The number of nitrogens with zero attached hydrogens (tertiary/aromatic N) is 4. The number of piperidine rings is 2. The van der Waals surface area contributed by atoms with Crippen molar-refractivity contribution in [2.75, 3.05) is 19.6 Å². The molecule has 3 aliphatic rings. The normalized spacial score (nSPS) is 22.6. The number of carbonyl (C=O) groups is 1. The van der Waals surface area contributed by atoms with Gasteiger partial charge in [-0.05, 0) is 120 Å². The second-order valence-corrected chi connectivity index (χ2v) is 16.4. The van der Waals surface area contributed by atoms with Gasteiger partial charge in [-0.2, -0.15) is 0 Å². The highest BCUT2D eigenvalue weighted by Gasteiger charge is 2.44. The van der Waals surface area contributed by atoms with Crippen LogP contribution < -0.4 is 9.88 Å². The Kier molecular flexibility index (Phi) is 9.28. The number of imidazole rings is 1. The van der Waals surface area contributed by atoms with Crippen LogP contribution >= 0.6 is 11.6 Å². The fourth-order valence-electron chi connectivity index (χ4n) is 8.82. The molecule has 0 saturated carbocycles. The number of aryl methyl sites for hydroxylation is 1. The number of amides is 1. The average molecular weight is 704 g/mol. The van der Waals surface area contributed by atoms with Gasteiger partial charge in [-0.1, -0.05) is 35.9 Å². The Balaban J connectivity index is 1.10. The molecule has 260 valence electrons. The van der Waals surface area contributed by atoms with Crippen molar-refractivity contribution >= 4 is 38.6 Å². The quantitative estimate of drug-likeness (QED) is 0.204. The molecular formula is C38H46ClN5O4S. The highest BCUT2D eigenvalue weighted by Crippen LogP contribution is 2.45. The van der Waals surface area contributed by atoms with E-state index in [0.717, 1.165) is 55.7 Å². The number of nitrogens with two attached hydrogens (primary N) is 1. The Morgan fingerprint density at radius 2 is 1.71 bits per heavy atom. The molecular weight excluding hydrogens is 658 g/mol. The van der Waals surface area contributed by atoms with Gasteiger partial charge in [-0.3, -0.25) is 9.69 Å². The molecule has 4 aromatic rings. The molecule has 9 nitrogen and oxygen atoms in total. The summed E-state index contributed by atoms with van der Waals surface area (Å²) in [7, 11) is -4.06. The number of aromatic nitrogens is 2. The van der Waals surface area contributed by atoms with Crippen molar-refractivity contribution < 1.29 is 17.9 Å². The van der Waals surface area contributed by atoms with Crippen LogP contribution in [0.5, 0.6) is 5.75 Å². The van der Waals surface area contributed by atoms with E-state index in [9.17, 15) is 13.2 Å². The van der Waals surface area contributed by atoms with Gasteiger partial charge < -0.3 is 14.2 Å². The topological polar surface area (TPSA) is 111 Å². The second kappa shape index (κ2) is 13.4. The molecule has 3 fully saturated rings. The summed E-state index contributed by atoms with van der Waals surface area (Å²) in [5, 5.41) is 5.38. The molecule has 0 radical (unpaired) electrons. The second-order valence-electron chi connectivity index (χ2n) is 14.5. The number of likely N-dealkylation sites (tertiary alicyclic amines) is 1. The van der Waals surface area contributed by atoms with Crippen molar-refractivity contribution in [2.45, 2.75) is 100 Å². The fraction of sp³-hybridized carbons (Fsp3) is 0.474. The molecule has 0 spiro atoms. The SMILES string of the molecule is Cc1nc2ccccc2n1C1CC2CC[C@H](C1)N2CCC1(c2cccc(OC(C)C)c2)CCN(C(=O)c2ccc(Cl)c(S(N)(=O)=O)c2)CC1. The van der Waals surface area contributed by atoms with Gasteiger partial charge in [0.2, 0.25) is 10.0 Å². The minimum absolute atomic E-state index is 0.00622. The average Bonchev–Trinajstić information content (AvgIpc) is 3.53. The Morgan fingerprint density at radius 3 is 2.41 bits per heavy atom. The van der Waals surface area contributed by atoms with Gasteiger partial charge in [0.15, 0.2) is 0 Å². The van der Waals surface area contributed by atoms with E-state index < -0.39 is 10.0 Å². The maximum atomic E-state index is 13.7. The van der Waals surface area contributed by atoms with Gasteiger partial charge in [-0.15, -0.1) is 0 Å². The number of benzene rings is 3. The number of carbonyl (C=O) groups excluding carboxylic acids is 1. The van der Waals surface area contributed by atoms with Crippen LogP contribution in [-0.4, -0.2) is 71.5 Å². The van der Waals surface area contributed by atoms with E-state index in [1.54, 1.807) is 6.07 Å². The van der Waals surface area contributed by atoms with Crippen molar-refractivity contribution in [3.8, 4) is 5.75 Å². The molecule has 7 rings (SSSR count). The molecule has 3 atom stereocenters. The van der Waals surface area contributed by atoms with Crippen molar-refractivity contribution in [1.29, 1.82) is 0 Å². The third kappa shape index (κ3) is 6.72. The standard InChI is InChI=1S/C38H46ClN5O4S/c1-25(2)48-32-8-6-7-28(22-32)38(15-18-42(19-16-38)37(45)27-11-14-33(39)36(21-27)49(40,46)47)17-20-43-29-12-13-30(43)24-31(23-29)44-26(3)41-34-9-4-5-10-35(34)44/h4-11,14,21-22,25,29-31H,12-13,15-20,23-24H2,1-3H3,(H2,40,46,47)/t29-,30?,31?/m1/s1. The van der Waals surface area contributed by atoms with Crippen molar-refractivity contribution in [1.82, 2.24) is 19.4 Å². The van der Waals surface area contributed by atoms with E-state index in [1.165, 1.54) is 36.1 Å². The lowest BCUT2D eigenvalue weighted by Crippen LogP contribution is -2.49. The number of ether oxygens (including phenoxy) is 1. The number of fused-ring (bicyclic) bond motifs is 3. The Hall–Kier alpha value is -3.44. The molecule has 49 heavy (non-hydrogen) atoms. The van der Waals surface area contributed by atoms with Crippen LogP contribution in [0.2, 0.25) is 5.02 Å². The summed E-state index contributed by atoms with van der Waals surface area (Å²) in [5.74, 6) is 1.75. The number of para-hydroxylation sites is 2. The smallest absolute Gasteiger partial charge is 0.253 e. The first-order valence-electron chi connectivity index (χ1n) is 17.5. The Labute approximate surface area is 294 Å². The zero-order valence-corrected chi connectivity index (χ0v) is 30.1. The molecule has 3 saturated heterocycles. The predicted octanol–water partition coefficient (Wildman–Crippen LogP) is 6.86. The van der Waals surface area contributed by atoms with Crippen LogP contribution in [0.1, 0.15) is 86.6 Å². The number of hydrogen-bond acceptors (Lipinski definition) is 6. The molecule has 4 heterocycles. The summed E-state index contributed by atoms with van der Waals surface area (Å²) in [6.45, 7) is 8.34. The van der Waals surface area contributed by atoms with Gasteiger partial charge >= 0.3 is 0 Å². The van der Waals surface area contributed by atoms with Crippen LogP contribution in [0.25, 0.3) is 11.0 Å². The number of primary sulfonamides is 1. The third-order valence-electron chi connectivity index (χ3n) is 11.2. The third-order valence-corrected chi connectivity index (χ3v) is 12.5. The summed E-state index contributed by atoms with van der Waals surface area (Å²) in [6, 6.07) is 22.8. The summed E-state index contributed by atoms with van der Waals surface area (Å²) in [6.07, 6.45) is 7.36. The lowest BCUT2D eigenvalue weighted by Gasteiger charge is -2.46. The molecule has 2 unspecified atom stereocenters. The monoisotopic (exact) mass is 703 g/mol. The molecule has 1 aromatic heterocycles. The molecule has 1 amide bonds. The van der Waals surface area contributed by atoms with Gasteiger partial charge in [-0.25, -0.2) is 18.5 Å². The van der Waals surface area contributed by atoms with Crippen LogP contribution in [0.3, 0.4) is 0 Å². The maximum Gasteiger partial charge on any atom is 0.253 e. The predicted molar refractivity (Wildman–Crippen MR) is 193 cm³/mol. The van der Waals surface area contributed by atoms with Gasteiger partial charge in [0.05, 0.1) is 22.2 Å². The Morgan fingerprint density at radius 1 is 1.00 bits per heavy atom. The van der Waals surface area contributed by atoms with Crippen molar-refractivity contribution in [3.05, 3.63) is 88.7 Å². The van der Waals surface area contributed by atoms with Crippen LogP contribution in [0, 0.1) is 6.92 Å². The molecule has 0 aliphatic carbocycles. The zero-order valence-electron chi connectivity index (χ0n) is 28.5. The molecule has 3 aromatic carbocycles. The number of sulfonamides is 1. The van der Waals surface area contributed by atoms with Crippen LogP contribution in [0.15, 0.2) is 71.6 Å². The van der Waals surface area contributed by atoms with E-state index in [1.807, 2.05) is 24.8 Å². The number of halogens is 1. The largest absolute Gasteiger partial charge is 0.491 e. The number of rotatable bonds is 9. The molecule has 2 N–H and O–H groups in total. The highest BCUT2D eigenvalue weighted by molar-refractivity contribution is 7.89. The first-order valence-corrected chi connectivity index (χ1v) is 19.4. The van der Waals surface area contributed by atoms with E-state index in [2.05, 4.69) is 58.9 Å². The lowest BCUT2D eigenvalue weighted by atomic mass is 9.70. The first-order chi connectivity index (χ1) is 23.4. The van der Waals surface area contributed by atoms with Gasteiger partial charge in [0.1, 0.15) is 16.5 Å². The number of hydrogen-bond donors (Lipinski definition) is 1. The van der Waals surface area contributed by atoms with Crippen molar-refractivity contribution in [2.24, 2.45) is 5.14 Å². The highest BCUT2D eigenvalue weighted by atomic mass is 35.5. The molecule has 11 heteroatoms. The summed E-state index contributed by atoms with van der Waals surface area (Å²) < 4.78 is 32.8. The summed E-state index contributed by atoms with van der Waals surface area (Å²) in [5.41, 5.74) is 3.70. The molecule has 2 bridgehead atoms.